The summed E-state index contributed by atoms with van der Waals surface area (Å²) >= 11 is 1.80. The highest BCUT2D eigenvalue weighted by Crippen LogP contribution is 2.32. The van der Waals surface area contributed by atoms with Crippen LogP contribution in [-0.4, -0.2) is 25.1 Å². The summed E-state index contributed by atoms with van der Waals surface area (Å²) in [7, 11) is 2.13. The Morgan fingerprint density at radius 3 is 2.57 bits per heavy atom. The predicted molar refractivity (Wildman–Crippen MR) is 93.0 cm³/mol. The van der Waals surface area contributed by atoms with Crippen LogP contribution in [0.5, 0.6) is 0 Å². The molecule has 1 aromatic heterocycles. The Morgan fingerprint density at radius 2 is 1.95 bits per heavy atom. The van der Waals surface area contributed by atoms with Crippen LogP contribution in [0.25, 0.3) is 11.3 Å². The van der Waals surface area contributed by atoms with Crippen molar-refractivity contribution in [3.63, 3.8) is 0 Å². The van der Waals surface area contributed by atoms with Crippen LogP contribution in [0.1, 0.15) is 25.6 Å². The van der Waals surface area contributed by atoms with Crippen molar-refractivity contribution in [1.29, 1.82) is 0 Å². The number of nitrogens with one attached hydrogen (secondary N) is 1. The third kappa shape index (κ3) is 4.29. The van der Waals surface area contributed by atoms with E-state index in [-0.39, 0.29) is 0 Å². The second-order valence-corrected chi connectivity index (χ2v) is 6.75. The average Bonchev–Trinajstić information content (AvgIpc) is 2.89. The molecule has 21 heavy (non-hydrogen) atoms. The standard InChI is InChI=1S/C17H25N3S/c1-5-18-11-15-16(14-9-7-6-8-10-14)19-17(21-15)20(4)12-13(2)3/h6-10,13,18H,5,11-12H2,1-4H3. The number of rotatable bonds is 7. The van der Waals surface area contributed by atoms with Crippen LogP contribution in [0.3, 0.4) is 0 Å². The Balaban J connectivity index is 2.31. The largest absolute Gasteiger partial charge is 0.351 e. The molecule has 0 aliphatic rings. The number of hydrogen-bond donors (Lipinski definition) is 1. The van der Waals surface area contributed by atoms with E-state index in [0.29, 0.717) is 5.92 Å². The molecule has 0 amide bonds. The lowest BCUT2D eigenvalue weighted by atomic mass is 10.1. The van der Waals surface area contributed by atoms with Crippen LogP contribution in [0, 0.1) is 5.92 Å². The van der Waals surface area contributed by atoms with Crippen molar-refractivity contribution in [2.24, 2.45) is 5.92 Å². The highest BCUT2D eigenvalue weighted by Gasteiger charge is 2.15. The molecule has 2 rings (SSSR count). The van der Waals surface area contributed by atoms with E-state index >= 15 is 0 Å². The summed E-state index contributed by atoms with van der Waals surface area (Å²) in [6.07, 6.45) is 0. The second-order valence-electron chi connectivity index (χ2n) is 5.69. The summed E-state index contributed by atoms with van der Waals surface area (Å²) in [6, 6.07) is 10.5. The summed E-state index contributed by atoms with van der Waals surface area (Å²) in [4.78, 5) is 8.47. The molecule has 0 aliphatic heterocycles. The van der Waals surface area contributed by atoms with Gasteiger partial charge in [-0.1, -0.05) is 62.4 Å². The molecule has 0 aliphatic carbocycles. The lowest BCUT2D eigenvalue weighted by molar-refractivity contribution is 0.637. The Kier molecular flexibility index (Phi) is 5.76. The van der Waals surface area contributed by atoms with E-state index in [1.807, 2.05) is 6.07 Å². The van der Waals surface area contributed by atoms with Crippen molar-refractivity contribution in [1.82, 2.24) is 10.3 Å². The smallest absolute Gasteiger partial charge is 0.185 e. The van der Waals surface area contributed by atoms with E-state index in [0.717, 1.165) is 30.5 Å². The molecule has 1 heterocycles. The van der Waals surface area contributed by atoms with E-state index in [2.05, 4.69) is 62.3 Å². The Bertz CT molecular complexity index is 548. The number of nitrogens with zero attached hydrogens (tertiary/aromatic N) is 2. The van der Waals surface area contributed by atoms with E-state index in [4.69, 9.17) is 4.98 Å². The van der Waals surface area contributed by atoms with Gasteiger partial charge in [0.15, 0.2) is 5.13 Å². The molecule has 1 N–H and O–H groups in total. The van der Waals surface area contributed by atoms with Gasteiger partial charge in [0.05, 0.1) is 5.69 Å². The Hall–Kier alpha value is -1.39. The van der Waals surface area contributed by atoms with Gasteiger partial charge in [-0.3, -0.25) is 0 Å². The van der Waals surface area contributed by atoms with Gasteiger partial charge in [-0.25, -0.2) is 4.98 Å². The van der Waals surface area contributed by atoms with Crippen LogP contribution in [0.15, 0.2) is 30.3 Å². The zero-order chi connectivity index (χ0) is 15.2. The highest BCUT2D eigenvalue weighted by atomic mass is 32.1. The first-order valence-corrected chi connectivity index (χ1v) is 8.40. The topological polar surface area (TPSA) is 28.2 Å². The van der Waals surface area contributed by atoms with Gasteiger partial charge in [-0.2, -0.15) is 0 Å². The van der Waals surface area contributed by atoms with E-state index in [1.54, 1.807) is 11.3 Å². The molecule has 0 spiro atoms. The third-order valence-electron chi connectivity index (χ3n) is 3.23. The summed E-state index contributed by atoms with van der Waals surface area (Å²) in [5.74, 6) is 0.635. The van der Waals surface area contributed by atoms with Gasteiger partial charge in [0.2, 0.25) is 0 Å². The average molecular weight is 303 g/mol. The van der Waals surface area contributed by atoms with E-state index in [9.17, 15) is 0 Å². The molecule has 3 nitrogen and oxygen atoms in total. The zero-order valence-corrected chi connectivity index (χ0v) is 14.2. The monoisotopic (exact) mass is 303 g/mol. The fourth-order valence-electron chi connectivity index (χ4n) is 2.31. The lowest BCUT2D eigenvalue weighted by Gasteiger charge is -2.17. The zero-order valence-electron chi connectivity index (χ0n) is 13.4. The number of hydrogen-bond acceptors (Lipinski definition) is 4. The molecule has 2 aromatic rings. The SMILES string of the molecule is CCNCc1sc(N(C)CC(C)C)nc1-c1ccccc1. The van der Waals surface area contributed by atoms with Gasteiger partial charge < -0.3 is 10.2 Å². The van der Waals surface area contributed by atoms with Crippen molar-refractivity contribution < 1.29 is 0 Å². The van der Waals surface area contributed by atoms with Gasteiger partial charge in [0.1, 0.15) is 0 Å². The first-order valence-electron chi connectivity index (χ1n) is 7.58. The predicted octanol–water partition coefficient (Wildman–Crippen LogP) is 4.01. The maximum atomic E-state index is 4.89. The molecule has 0 bridgehead atoms. The second kappa shape index (κ2) is 7.57. The minimum Gasteiger partial charge on any atom is -0.351 e. The molecule has 0 fully saturated rings. The number of aromatic nitrogens is 1. The Morgan fingerprint density at radius 1 is 1.24 bits per heavy atom. The number of anilines is 1. The van der Waals surface area contributed by atoms with Crippen LogP contribution in [0.4, 0.5) is 5.13 Å². The fraction of sp³-hybridized carbons (Fsp3) is 0.471. The van der Waals surface area contributed by atoms with Gasteiger partial charge in [0.25, 0.3) is 0 Å². The molecule has 0 saturated heterocycles. The summed E-state index contributed by atoms with van der Waals surface area (Å²) in [5.41, 5.74) is 2.32. The highest BCUT2D eigenvalue weighted by molar-refractivity contribution is 7.16. The van der Waals surface area contributed by atoms with Crippen molar-refractivity contribution >= 4 is 16.5 Å². The number of benzene rings is 1. The van der Waals surface area contributed by atoms with Gasteiger partial charge in [0, 0.05) is 30.6 Å². The minimum atomic E-state index is 0.635. The van der Waals surface area contributed by atoms with Gasteiger partial charge >= 0.3 is 0 Å². The van der Waals surface area contributed by atoms with Crippen molar-refractivity contribution in [3.8, 4) is 11.3 Å². The molecular weight excluding hydrogens is 278 g/mol. The molecule has 1 aromatic carbocycles. The lowest BCUT2D eigenvalue weighted by Crippen LogP contribution is -2.22. The molecular formula is C17H25N3S. The maximum Gasteiger partial charge on any atom is 0.185 e. The van der Waals surface area contributed by atoms with E-state index in [1.165, 1.54) is 10.4 Å². The van der Waals surface area contributed by atoms with Crippen LogP contribution < -0.4 is 10.2 Å². The fourth-order valence-corrected chi connectivity index (χ4v) is 3.33. The molecule has 0 saturated carbocycles. The first kappa shape index (κ1) is 16.0. The molecule has 0 atom stereocenters. The van der Waals surface area contributed by atoms with Crippen LogP contribution >= 0.6 is 11.3 Å². The van der Waals surface area contributed by atoms with Gasteiger partial charge in [-0.15, -0.1) is 0 Å². The summed E-state index contributed by atoms with van der Waals surface area (Å²) in [5, 5.41) is 4.53. The molecule has 114 valence electrons. The van der Waals surface area contributed by atoms with Crippen molar-refractivity contribution in [2.75, 3.05) is 25.0 Å². The summed E-state index contributed by atoms with van der Waals surface area (Å²) in [6.45, 7) is 9.50. The normalized spacial score (nSPS) is 11.1. The third-order valence-corrected chi connectivity index (χ3v) is 4.40. The quantitative estimate of drug-likeness (QED) is 0.837. The first-order chi connectivity index (χ1) is 10.1. The minimum absolute atomic E-state index is 0.635. The van der Waals surface area contributed by atoms with Crippen LogP contribution in [-0.2, 0) is 6.54 Å². The summed E-state index contributed by atoms with van der Waals surface area (Å²) < 4.78 is 0. The van der Waals surface area contributed by atoms with Crippen molar-refractivity contribution in [2.45, 2.75) is 27.3 Å². The van der Waals surface area contributed by atoms with Gasteiger partial charge in [-0.05, 0) is 12.5 Å². The van der Waals surface area contributed by atoms with E-state index < -0.39 is 0 Å². The molecule has 0 unspecified atom stereocenters. The molecule has 4 heteroatoms. The Labute approximate surface area is 132 Å². The maximum absolute atomic E-state index is 4.89. The van der Waals surface area contributed by atoms with Crippen molar-refractivity contribution in [3.05, 3.63) is 35.2 Å². The molecule has 0 radical (unpaired) electrons. The van der Waals surface area contributed by atoms with Crippen LogP contribution in [0.2, 0.25) is 0 Å². The number of thiazole rings is 1.